The molecule has 0 aliphatic carbocycles. The molecule has 5 rings (SSSR count). The van der Waals surface area contributed by atoms with E-state index in [4.69, 9.17) is 10.5 Å². The minimum atomic E-state index is -0.693. The minimum absolute atomic E-state index is 0.214. The average Bonchev–Trinajstić information content (AvgIpc) is 3.14. The van der Waals surface area contributed by atoms with Crippen molar-refractivity contribution >= 4 is 34.5 Å². The van der Waals surface area contributed by atoms with Crippen molar-refractivity contribution < 1.29 is 19.1 Å². The van der Waals surface area contributed by atoms with Crippen LogP contribution in [0.4, 0.5) is 5.69 Å². The zero-order valence-corrected chi connectivity index (χ0v) is 23.5. The molecule has 2 aliphatic rings. The number of aromatic nitrogens is 2. The summed E-state index contributed by atoms with van der Waals surface area (Å²) < 4.78 is 8.70. The van der Waals surface area contributed by atoms with Gasteiger partial charge in [-0.2, -0.15) is 0 Å². The van der Waals surface area contributed by atoms with Crippen molar-refractivity contribution in [3.8, 4) is 0 Å². The SMILES string of the molecule is Cn1c(=O)n(C2CCC(=O)NC2=O)c2ccc(C3CCN(Cc4ccc(N)cc4C(=O)OC(C)(C)C)CC3)cc21. The molecule has 1 unspecified atom stereocenters. The number of nitrogens with two attached hydrogens (primary N) is 1. The number of carbonyl (C=O) groups excluding carboxylic acids is 3. The maximum Gasteiger partial charge on any atom is 0.339 e. The van der Waals surface area contributed by atoms with E-state index in [1.807, 2.05) is 45.0 Å². The Kier molecular flexibility index (Phi) is 7.31. The second-order valence-corrected chi connectivity index (χ2v) is 11.9. The van der Waals surface area contributed by atoms with Crippen LogP contribution in [0.5, 0.6) is 0 Å². The number of carbonyl (C=O) groups is 3. The number of anilines is 1. The number of aryl methyl sites for hydroxylation is 1. The molecule has 0 radical (unpaired) electrons. The number of nitrogens with zero attached hydrogens (tertiary/aromatic N) is 3. The highest BCUT2D eigenvalue weighted by atomic mass is 16.6. The summed E-state index contributed by atoms with van der Waals surface area (Å²) in [5.74, 6) is -0.779. The minimum Gasteiger partial charge on any atom is -0.456 e. The summed E-state index contributed by atoms with van der Waals surface area (Å²) in [6.07, 6.45) is 2.40. The summed E-state index contributed by atoms with van der Waals surface area (Å²) in [6, 6.07) is 10.7. The van der Waals surface area contributed by atoms with Crippen LogP contribution in [0.3, 0.4) is 0 Å². The first-order chi connectivity index (χ1) is 18.9. The number of esters is 1. The molecule has 1 aromatic heterocycles. The highest BCUT2D eigenvalue weighted by molar-refractivity contribution is 6.00. The van der Waals surface area contributed by atoms with Gasteiger partial charge in [0.2, 0.25) is 11.8 Å². The van der Waals surface area contributed by atoms with Gasteiger partial charge in [-0.1, -0.05) is 12.1 Å². The van der Waals surface area contributed by atoms with Gasteiger partial charge < -0.3 is 10.5 Å². The Morgan fingerprint density at radius 3 is 2.42 bits per heavy atom. The quantitative estimate of drug-likeness (QED) is 0.285. The van der Waals surface area contributed by atoms with E-state index in [2.05, 4.69) is 16.3 Å². The summed E-state index contributed by atoms with van der Waals surface area (Å²) in [4.78, 5) is 52.4. The number of nitrogen functional groups attached to an aromatic ring is 1. The number of imidazole rings is 1. The van der Waals surface area contributed by atoms with Gasteiger partial charge in [-0.15, -0.1) is 0 Å². The first-order valence-corrected chi connectivity index (χ1v) is 13.8. The smallest absolute Gasteiger partial charge is 0.339 e. The molecule has 2 aromatic carbocycles. The van der Waals surface area contributed by atoms with Crippen molar-refractivity contribution in [3.63, 3.8) is 0 Å². The number of piperidine rings is 2. The zero-order chi connectivity index (χ0) is 28.8. The van der Waals surface area contributed by atoms with Crippen LogP contribution in [0, 0.1) is 0 Å². The van der Waals surface area contributed by atoms with Crippen LogP contribution in [0.1, 0.15) is 79.9 Å². The van der Waals surface area contributed by atoms with Gasteiger partial charge >= 0.3 is 11.7 Å². The van der Waals surface area contributed by atoms with Crippen LogP contribution in [-0.2, 0) is 27.9 Å². The van der Waals surface area contributed by atoms with Gasteiger partial charge in [0.1, 0.15) is 11.6 Å². The predicted octanol–water partition coefficient (Wildman–Crippen LogP) is 3.23. The Balaban J connectivity index is 1.30. The van der Waals surface area contributed by atoms with Gasteiger partial charge in [0, 0.05) is 25.7 Å². The third kappa shape index (κ3) is 5.54. The normalized spacial score (nSPS) is 19.1. The standard InChI is InChI=1S/C30H37N5O5/c1-30(2,3)40-28(38)22-16-21(31)7-5-20(22)17-34-13-11-18(12-14-34)19-6-8-23-25(15-19)33(4)29(39)35(23)24-9-10-26(36)32-27(24)37/h5-8,15-16,18,24H,9-14,17,31H2,1-4H3,(H,32,36,37). The van der Waals surface area contributed by atoms with E-state index in [0.29, 0.717) is 35.7 Å². The molecule has 1 atom stereocenters. The van der Waals surface area contributed by atoms with Crippen LogP contribution < -0.4 is 16.7 Å². The van der Waals surface area contributed by atoms with E-state index in [-0.39, 0.29) is 24.0 Å². The third-order valence-electron chi connectivity index (χ3n) is 7.84. The number of amides is 2. The highest BCUT2D eigenvalue weighted by Gasteiger charge is 2.32. The Labute approximate surface area is 233 Å². The molecule has 10 heteroatoms. The topological polar surface area (TPSA) is 129 Å². The van der Waals surface area contributed by atoms with Gasteiger partial charge in [-0.25, -0.2) is 9.59 Å². The van der Waals surface area contributed by atoms with Crippen molar-refractivity contribution in [3.05, 3.63) is 63.6 Å². The Hall–Kier alpha value is -3.92. The van der Waals surface area contributed by atoms with E-state index in [1.54, 1.807) is 17.7 Å². The molecule has 10 nitrogen and oxygen atoms in total. The molecule has 0 spiro atoms. The lowest BCUT2D eigenvalue weighted by Crippen LogP contribution is -2.44. The van der Waals surface area contributed by atoms with Gasteiger partial charge in [0.15, 0.2) is 0 Å². The Bertz CT molecular complexity index is 1540. The van der Waals surface area contributed by atoms with Crippen molar-refractivity contribution in [2.75, 3.05) is 18.8 Å². The van der Waals surface area contributed by atoms with Crippen LogP contribution in [-0.4, -0.2) is 50.5 Å². The van der Waals surface area contributed by atoms with E-state index in [1.165, 1.54) is 4.57 Å². The lowest BCUT2D eigenvalue weighted by Gasteiger charge is -2.32. The van der Waals surface area contributed by atoms with Gasteiger partial charge in [0.05, 0.1) is 16.6 Å². The molecule has 0 saturated carbocycles. The number of fused-ring (bicyclic) bond motifs is 1. The summed E-state index contributed by atoms with van der Waals surface area (Å²) in [6.45, 7) is 7.89. The molecular formula is C30H37N5O5. The largest absolute Gasteiger partial charge is 0.456 e. The number of benzene rings is 2. The van der Waals surface area contributed by atoms with E-state index < -0.39 is 17.6 Å². The Morgan fingerprint density at radius 1 is 1.02 bits per heavy atom. The number of likely N-dealkylation sites (tertiary alicyclic amines) is 1. The molecule has 3 heterocycles. The molecule has 2 fully saturated rings. The number of hydrogen-bond acceptors (Lipinski definition) is 7. The summed E-state index contributed by atoms with van der Waals surface area (Å²) in [5, 5.41) is 2.35. The average molecular weight is 548 g/mol. The van der Waals surface area contributed by atoms with Crippen LogP contribution in [0.15, 0.2) is 41.2 Å². The molecule has 2 aliphatic heterocycles. The molecule has 212 valence electrons. The maximum atomic E-state index is 13.1. The lowest BCUT2D eigenvalue weighted by molar-refractivity contribution is -0.135. The summed E-state index contributed by atoms with van der Waals surface area (Å²) in [5.41, 5.74) is 9.68. The van der Waals surface area contributed by atoms with Gasteiger partial charge in [0.25, 0.3) is 0 Å². The molecule has 40 heavy (non-hydrogen) atoms. The third-order valence-corrected chi connectivity index (χ3v) is 7.84. The summed E-state index contributed by atoms with van der Waals surface area (Å²) >= 11 is 0. The zero-order valence-electron chi connectivity index (χ0n) is 23.5. The molecular weight excluding hydrogens is 510 g/mol. The Morgan fingerprint density at radius 2 is 1.75 bits per heavy atom. The number of rotatable bonds is 5. The van der Waals surface area contributed by atoms with E-state index in [0.717, 1.165) is 42.6 Å². The number of nitrogens with one attached hydrogen (secondary N) is 1. The summed E-state index contributed by atoms with van der Waals surface area (Å²) in [7, 11) is 1.72. The van der Waals surface area contributed by atoms with Crippen molar-refractivity contribution in [1.82, 2.24) is 19.4 Å². The fraction of sp³-hybridized carbons (Fsp3) is 0.467. The van der Waals surface area contributed by atoms with Crippen molar-refractivity contribution in [2.45, 2.75) is 70.6 Å². The molecule has 3 aromatic rings. The predicted molar refractivity (Wildman–Crippen MR) is 152 cm³/mol. The number of ether oxygens (including phenoxy) is 1. The second kappa shape index (κ2) is 10.6. The second-order valence-electron chi connectivity index (χ2n) is 11.9. The fourth-order valence-corrected chi connectivity index (χ4v) is 5.78. The maximum absolute atomic E-state index is 13.1. The van der Waals surface area contributed by atoms with Crippen molar-refractivity contribution in [1.29, 1.82) is 0 Å². The van der Waals surface area contributed by atoms with E-state index >= 15 is 0 Å². The molecule has 0 bridgehead atoms. The molecule has 2 amide bonds. The monoisotopic (exact) mass is 547 g/mol. The molecule has 2 saturated heterocycles. The van der Waals surface area contributed by atoms with Gasteiger partial charge in [-0.3, -0.25) is 28.9 Å². The first-order valence-electron chi connectivity index (χ1n) is 13.8. The first kappa shape index (κ1) is 27.6. The van der Waals surface area contributed by atoms with E-state index in [9.17, 15) is 19.2 Å². The lowest BCUT2D eigenvalue weighted by atomic mass is 9.89. The fourth-order valence-electron chi connectivity index (χ4n) is 5.78. The highest BCUT2D eigenvalue weighted by Crippen LogP contribution is 2.32. The number of imide groups is 1. The van der Waals surface area contributed by atoms with Crippen LogP contribution >= 0.6 is 0 Å². The molecule has 3 N–H and O–H groups in total. The van der Waals surface area contributed by atoms with Crippen LogP contribution in [0.2, 0.25) is 0 Å². The van der Waals surface area contributed by atoms with Crippen LogP contribution in [0.25, 0.3) is 11.0 Å². The number of hydrogen-bond donors (Lipinski definition) is 2. The van der Waals surface area contributed by atoms with Crippen molar-refractivity contribution in [2.24, 2.45) is 7.05 Å². The van der Waals surface area contributed by atoms with Gasteiger partial charge in [-0.05, 0) is 94.4 Å².